The summed E-state index contributed by atoms with van der Waals surface area (Å²) in [5.74, 6) is -0.317. The quantitative estimate of drug-likeness (QED) is 0.383. The Morgan fingerprint density at radius 1 is 1.03 bits per heavy atom. The molecule has 8 nitrogen and oxygen atoms in total. The van der Waals surface area contributed by atoms with Crippen LogP contribution in [0.15, 0.2) is 85.3 Å². The van der Waals surface area contributed by atoms with Crippen LogP contribution in [0.2, 0.25) is 0 Å². The normalized spacial score (nSPS) is 10.9. The van der Waals surface area contributed by atoms with E-state index in [9.17, 15) is 9.18 Å². The van der Waals surface area contributed by atoms with Crippen LogP contribution in [0.1, 0.15) is 15.9 Å². The predicted molar refractivity (Wildman–Crippen MR) is 126 cm³/mol. The van der Waals surface area contributed by atoms with Crippen molar-refractivity contribution >= 4 is 11.9 Å². The first-order valence-electron chi connectivity index (χ1n) is 10.7. The van der Waals surface area contributed by atoms with Crippen LogP contribution in [0.5, 0.6) is 0 Å². The van der Waals surface area contributed by atoms with Gasteiger partial charge in [-0.15, -0.1) is 5.10 Å². The fourth-order valence-electron chi connectivity index (χ4n) is 3.57. The summed E-state index contributed by atoms with van der Waals surface area (Å²) >= 11 is 0. The fraction of sp³-hybridized carbons (Fsp3) is 0.0800. The molecule has 0 aliphatic carbocycles. The maximum absolute atomic E-state index is 13.5. The molecule has 0 aliphatic heterocycles. The summed E-state index contributed by atoms with van der Waals surface area (Å²) in [7, 11) is 0. The molecule has 0 saturated heterocycles. The monoisotopic (exact) mass is 453 g/mol. The summed E-state index contributed by atoms with van der Waals surface area (Å²) in [5, 5.41) is 11.6. The molecule has 0 bridgehead atoms. The number of aromatic amines is 1. The Kier molecular flexibility index (Phi) is 5.89. The summed E-state index contributed by atoms with van der Waals surface area (Å²) in [6.45, 7) is 0.637. The SMILES string of the molecule is O=C(c1cc[nH]c1)n1nnc(-c2ccc(F)cc2)c1-c1ccnc(NCCc2ccccc2)n1. The minimum absolute atomic E-state index is 0.366. The van der Waals surface area contributed by atoms with E-state index in [4.69, 9.17) is 0 Å². The largest absolute Gasteiger partial charge is 0.367 e. The Bertz CT molecular complexity index is 1400. The van der Waals surface area contributed by atoms with Gasteiger partial charge >= 0.3 is 0 Å². The van der Waals surface area contributed by atoms with Gasteiger partial charge in [0, 0.05) is 30.7 Å². The van der Waals surface area contributed by atoms with Crippen molar-refractivity contribution in [2.45, 2.75) is 6.42 Å². The molecule has 5 rings (SSSR count). The van der Waals surface area contributed by atoms with Crippen LogP contribution < -0.4 is 5.32 Å². The van der Waals surface area contributed by atoms with Gasteiger partial charge in [-0.05, 0) is 48.4 Å². The zero-order valence-corrected chi connectivity index (χ0v) is 18.0. The van der Waals surface area contributed by atoms with Gasteiger partial charge in [0.25, 0.3) is 5.91 Å². The molecule has 2 aromatic carbocycles. The van der Waals surface area contributed by atoms with E-state index in [0.717, 1.165) is 6.42 Å². The van der Waals surface area contributed by atoms with Crippen LogP contribution in [-0.2, 0) is 6.42 Å². The Hall–Kier alpha value is -4.66. The third kappa shape index (κ3) is 4.44. The smallest absolute Gasteiger partial charge is 0.281 e. The number of hydrogen-bond acceptors (Lipinski definition) is 6. The highest BCUT2D eigenvalue weighted by molar-refractivity contribution is 5.98. The number of nitrogens with one attached hydrogen (secondary N) is 2. The molecule has 2 N–H and O–H groups in total. The van der Waals surface area contributed by atoms with Crippen molar-refractivity contribution < 1.29 is 9.18 Å². The molecule has 3 aromatic heterocycles. The fourth-order valence-corrected chi connectivity index (χ4v) is 3.57. The van der Waals surface area contributed by atoms with Crippen molar-refractivity contribution in [2.24, 2.45) is 0 Å². The molecule has 0 fully saturated rings. The molecule has 0 saturated carbocycles. The van der Waals surface area contributed by atoms with E-state index in [2.05, 4.69) is 42.7 Å². The van der Waals surface area contributed by atoms with E-state index in [1.807, 2.05) is 18.2 Å². The molecule has 0 radical (unpaired) electrons. The Balaban J connectivity index is 1.50. The van der Waals surface area contributed by atoms with Gasteiger partial charge in [0.1, 0.15) is 17.2 Å². The van der Waals surface area contributed by atoms with Crippen molar-refractivity contribution in [2.75, 3.05) is 11.9 Å². The van der Waals surface area contributed by atoms with Gasteiger partial charge in [0.2, 0.25) is 5.95 Å². The number of rotatable bonds is 7. The van der Waals surface area contributed by atoms with Gasteiger partial charge in [0.05, 0.1) is 11.3 Å². The van der Waals surface area contributed by atoms with E-state index in [1.54, 1.807) is 42.9 Å². The Labute approximate surface area is 194 Å². The molecule has 3 heterocycles. The van der Waals surface area contributed by atoms with Crippen molar-refractivity contribution in [1.29, 1.82) is 0 Å². The number of halogens is 1. The topological polar surface area (TPSA) is 101 Å². The number of H-pyrrole nitrogens is 1. The van der Waals surface area contributed by atoms with Gasteiger partial charge in [-0.1, -0.05) is 35.5 Å². The van der Waals surface area contributed by atoms with Gasteiger partial charge < -0.3 is 10.3 Å². The van der Waals surface area contributed by atoms with Gasteiger partial charge in [0.15, 0.2) is 0 Å². The van der Waals surface area contributed by atoms with E-state index in [-0.39, 0.29) is 11.7 Å². The number of carbonyl (C=O) groups excluding carboxylic acids is 1. The van der Waals surface area contributed by atoms with E-state index < -0.39 is 0 Å². The minimum Gasteiger partial charge on any atom is -0.367 e. The average Bonchev–Trinajstić information content (AvgIpc) is 3.56. The molecule has 0 amide bonds. The summed E-state index contributed by atoms with van der Waals surface area (Å²) in [6.07, 6.45) is 5.66. The molecule has 0 atom stereocenters. The number of carbonyl (C=O) groups is 1. The van der Waals surface area contributed by atoms with E-state index in [0.29, 0.717) is 40.7 Å². The average molecular weight is 453 g/mol. The highest BCUT2D eigenvalue weighted by Gasteiger charge is 2.23. The summed E-state index contributed by atoms with van der Waals surface area (Å²) in [4.78, 5) is 24.9. The van der Waals surface area contributed by atoms with Crippen molar-refractivity contribution in [1.82, 2.24) is 29.9 Å². The van der Waals surface area contributed by atoms with Crippen LogP contribution in [-0.4, -0.2) is 42.4 Å². The lowest BCUT2D eigenvalue weighted by atomic mass is 10.1. The Morgan fingerprint density at radius 2 is 1.85 bits per heavy atom. The third-order valence-electron chi connectivity index (χ3n) is 5.26. The van der Waals surface area contributed by atoms with Gasteiger partial charge in [-0.25, -0.2) is 14.4 Å². The zero-order chi connectivity index (χ0) is 23.3. The van der Waals surface area contributed by atoms with E-state index in [1.165, 1.54) is 22.4 Å². The molecule has 168 valence electrons. The summed E-state index contributed by atoms with van der Waals surface area (Å²) in [5.41, 5.74) is 3.51. The van der Waals surface area contributed by atoms with Crippen molar-refractivity contribution in [3.05, 3.63) is 102 Å². The molecule has 0 aliphatic rings. The second kappa shape index (κ2) is 9.45. The predicted octanol–water partition coefficient (Wildman–Crippen LogP) is 4.21. The number of anilines is 1. The number of aromatic nitrogens is 6. The van der Waals surface area contributed by atoms with Crippen LogP contribution >= 0.6 is 0 Å². The molecular formula is C25H20FN7O. The first kappa shape index (κ1) is 21.2. The van der Waals surface area contributed by atoms with E-state index >= 15 is 0 Å². The van der Waals surface area contributed by atoms with Gasteiger partial charge in [-0.2, -0.15) is 4.68 Å². The summed E-state index contributed by atoms with van der Waals surface area (Å²) < 4.78 is 14.7. The number of hydrogen-bond donors (Lipinski definition) is 2. The van der Waals surface area contributed by atoms with Crippen LogP contribution in [0.3, 0.4) is 0 Å². The highest BCUT2D eigenvalue weighted by atomic mass is 19.1. The molecule has 34 heavy (non-hydrogen) atoms. The second-order valence-corrected chi connectivity index (χ2v) is 7.54. The van der Waals surface area contributed by atoms with Crippen LogP contribution in [0, 0.1) is 5.82 Å². The maximum Gasteiger partial charge on any atom is 0.281 e. The number of benzene rings is 2. The maximum atomic E-state index is 13.5. The number of nitrogens with zero attached hydrogens (tertiary/aromatic N) is 5. The molecule has 0 spiro atoms. The molecule has 5 aromatic rings. The summed E-state index contributed by atoms with van der Waals surface area (Å²) in [6, 6.07) is 19.3. The molecule has 0 unspecified atom stereocenters. The Morgan fingerprint density at radius 3 is 2.62 bits per heavy atom. The first-order chi connectivity index (χ1) is 16.7. The third-order valence-corrected chi connectivity index (χ3v) is 5.26. The molecular weight excluding hydrogens is 433 g/mol. The van der Waals surface area contributed by atoms with Crippen molar-refractivity contribution in [3.63, 3.8) is 0 Å². The highest BCUT2D eigenvalue weighted by Crippen LogP contribution is 2.30. The van der Waals surface area contributed by atoms with Gasteiger partial charge in [-0.3, -0.25) is 4.79 Å². The van der Waals surface area contributed by atoms with Crippen molar-refractivity contribution in [3.8, 4) is 22.6 Å². The first-order valence-corrected chi connectivity index (χ1v) is 10.7. The van der Waals surface area contributed by atoms with Crippen LogP contribution in [0.25, 0.3) is 22.6 Å². The zero-order valence-electron chi connectivity index (χ0n) is 18.0. The van der Waals surface area contributed by atoms with Crippen LogP contribution in [0.4, 0.5) is 10.3 Å². The molecule has 9 heteroatoms. The standard InChI is InChI=1S/C25H20FN7O/c26-20-8-6-18(7-9-20)22-23(33(32-31-22)24(34)19-11-13-27-16-19)21-12-15-29-25(30-21)28-14-10-17-4-2-1-3-5-17/h1-9,11-13,15-16,27H,10,14H2,(H,28,29,30). The lowest BCUT2D eigenvalue weighted by Gasteiger charge is -2.09. The lowest BCUT2D eigenvalue weighted by molar-refractivity contribution is 0.0945. The lowest BCUT2D eigenvalue weighted by Crippen LogP contribution is -2.15. The second-order valence-electron chi connectivity index (χ2n) is 7.54. The minimum atomic E-state index is -0.368.